The molecule has 26 heavy (non-hydrogen) atoms. The lowest BCUT2D eigenvalue weighted by atomic mass is 9.94. The molecule has 2 aromatic rings. The topological polar surface area (TPSA) is 105 Å². The minimum atomic E-state index is -0.436. The van der Waals surface area contributed by atoms with Gasteiger partial charge in [-0.05, 0) is 50.7 Å². The van der Waals surface area contributed by atoms with Crippen LogP contribution in [0.1, 0.15) is 58.3 Å². The number of pyridine rings is 1. The minimum absolute atomic E-state index is 0.127. The van der Waals surface area contributed by atoms with Crippen molar-refractivity contribution in [2.75, 3.05) is 18.0 Å². The zero-order chi connectivity index (χ0) is 18.3. The van der Waals surface area contributed by atoms with Crippen LogP contribution < -0.4 is 16.2 Å². The first-order chi connectivity index (χ1) is 12.5. The smallest absolute Gasteiger partial charge is 0.252 e. The number of anilines is 1. The molecule has 1 aliphatic heterocycles. The number of rotatable bonds is 3. The largest absolute Gasteiger partial charge is 0.365 e. The average Bonchev–Trinajstić information content (AvgIpc) is 3.07. The number of aromatic nitrogens is 3. The first-order valence-electron chi connectivity index (χ1n) is 9.16. The monoisotopic (exact) mass is 353 g/mol. The molecule has 2 aliphatic rings. The quantitative estimate of drug-likeness (QED) is 0.869. The molecular formula is C19H23N5O2. The predicted molar refractivity (Wildman–Crippen MR) is 98.6 cm³/mol. The van der Waals surface area contributed by atoms with Crippen LogP contribution in [0.2, 0.25) is 0 Å². The van der Waals surface area contributed by atoms with Gasteiger partial charge < -0.3 is 15.6 Å². The van der Waals surface area contributed by atoms with Crippen molar-refractivity contribution in [1.29, 1.82) is 0 Å². The highest BCUT2D eigenvalue weighted by atomic mass is 16.1. The molecule has 1 aliphatic carbocycles. The Bertz CT molecular complexity index is 921. The molecule has 1 amide bonds. The van der Waals surface area contributed by atoms with Gasteiger partial charge in [0, 0.05) is 30.8 Å². The van der Waals surface area contributed by atoms with E-state index in [1.54, 1.807) is 13.0 Å². The minimum Gasteiger partial charge on any atom is -0.365 e. The van der Waals surface area contributed by atoms with E-state index in [0.717, 1.165) is 55.6 Å². The number of hydrogen-bond donors (Lipinski definition) is 2. The molecule has 0 bridgehead atoms. The number of primary amides is 1. The normalized spacial score (nSPS) is 19.4. The average molecular weight is 353 g/mol. The highest BCUT2D eigenvalue weighted by Crippen LogP contribution is 2.32. The molecule has 3 N–H and O–H groups in total. The van der Waals surface area contributed by atoms with Gasteiger partial charge in [-0.1, -0.05) is 0 Å². The van der Waals surface area contributed by atoms with E-state index in [2.05, 4.69) is 14.9 Å². The van der Waals surface area contributed by atoms with Crippen molar-refractivity contribution in [2.24, 2.45) is 5.73 Å². The van der Waals surface area contributed by atoms with Gasteiger partial charge in [-0.3, -0.25) is 9.59 Å². The number of carbonyl (C=O) groups is 1. The van der Waals surface area contributed by atoms with Gasteiger partial charge >= 0.3 is 0 Å². The SMILES string of the molecule is Cc1nc([C@H]2CCCN(c3nc4c(cc3C(N)=O)CCC4)C2)cc(=O)[nH]1. The van der Waals surface area contributed by atoms with Crippen LogP contribution in [0.3, 0.4) is 0 Å². The van der Waals surface area contributed by atoms with Crippen molar-refractivity contribution in [3.63, 3.8) is 0 Å². The van der Waals surface area contributed by atoms with Crippen molar-refractivity contribution in [3.8, 4) is 0 Å². The second kappa shape index (κ2) is 6.55. The van der Waals surface area contributed by atoms with Crippen molar-refractivity contribution in [1.82, 2.24) is 15.0 Å². The van der Waals surface area contributed by atoms with Crippen molar-refractivity contribution in [3.05, 3.63) is 50.8 Å². The molecule has 136 valence electrons. The van der Waals surface area contributed by atoms with Crippen molar-refractivity contribution < 1.29 is 4.79 Å². The first kappa shape index (κ1) is 16.8. The lowest BCUT2D eigenvalue weighted by molar-refractivity contribution is 0.1000. The van der Waals surface area contributed by atoms with Gasteiger partial charge in [0.1, 0.15) is 11.6 Å². The van der Waals surface area contributed by atoms with Gasteiger partial charge in [0.2, 0.25) is 0 Å². The Kier molecular flexibility index (Phi) is 4.22. The summed E-state index contributed by atoms with van der Waals surface area (Å²) in [5, 5.41) is 0. The lowest BCUT2D eigenvalue weighted by Gasteiger charge is -2.34. The summed E-state index contributed by atoms with van der Waals surface area (Å²) in [6.07, 6.45) is 4.90. The number of H-pyrrole nitrogens is 1. The van der Waals surface area contributed by atoms with Crippen LogP contribution in [0.5, 0.6) is 0 Å². The standard InChI is InChI=1S/C19H23N5O2/c1-11-21-16(9-17(25)22-11)13-5-3-7-24(10-13)19-14(18(20)26)8-12-4-2-6-15(12)23-19/h8-9,13H,2-7,10H2,1H3,(H2,20,26)(H,21,22,25)/t13-/m0/s1. The lowest BCUT2D eigenvalue weighted by Crippen LogP contribution is -2.37. The second-order valence-electron chi connectivity index (χ2n) is 7.22. The van der Waals surface area contributed by atoms with Crippen LogP contribution >= 0.6 is 0 Å². The maximum Gasteiger partial charge on any atom is 0.252 e. The van der Waals surface area contributed by atoms with Gasteiger partial charge in [-0.2, -0.15) is 0 Å². The number of fused-ring (bicyclic) bond motifs is 1. The summed E-state index contributed by atoms with van der Waals surface area (Å²) in [6.45, 7) is 3.30. The third-order valence-electron chi connectivity index (χ3n) is 5.32. The van der Waals surface area contributed by atoms with E-state index in [0.29, 0.717) is 23.8 Å². The molecule has 7 heteroatoms. The zero-order valence-corrected chi connectivity index (χ0v) is 14.9. The molecule has 0 aromatic carbocycles. The molecular weight excluding hydrogens is 330 g/mol. The molecule has 1 saturated heterocycles. The van der Waals surface area contributed by atoms with E-state index in [4.69, 9.17) is 10.7 Å². The summed E-state index contributed by atoms with van der Waals surface area (Å²) < 4.78 is 0. The first-order valence-corrected chi connectivity index (χ1v) is 9.16. The van der Waals surface area contributed by atoms with Crippen LogP contribution in [0.4, 0.5) is 5.82 Å². The number of amides is 1. The molecule has 7 nitrogen and oxygen atoms in total. The fourth-order valence-electron chi connectivity index (χ4n) is 4.11. The molecule has 0 saturated carbocycles. The molecule has 1 fully saturated rings. The van der Waals surface area contributed by atoms with Gasteiger partial charge in [-0.15, -0.1) is 0 Å². The maximum absolute atomic E-state index is 12.0. The number of nitrogens with zero attached hydrogens (tertiary/aromatic N) is 3. The van der Waals surface area contributed by atoms with E-state index < -0.39 is 5.91 Å². The Morgan fingerprint density at radius 1 is 1.27 bits per heavy atom. The van der Waals surface area contributed by atoms with Crippen LogP contribution in [-0.2, 0) is 12.8 Å². The predicted octanol–water partition coefficient (Wildman–Crippen LogP) is 1.44. The maximum atomic E-state index is 12.0. The molecule has 4 rings (SSSR count). The van der Waals surface area contributed by atoms with Crippen molar-refractivity contribution in [2.45, 2.75) is 44.9 Å². The highest BCUT2D eigenvalue weighted by molar-refractivity contribution is 5.98. The summed E-state index contributed by atoms with van der Waals surface area (Å²) in [7, 11) is 0. The fraction of sp³-hybridized carbons (Fsp3) is 0.474. The number of hydrogen-bond acceptors (Lipinski definition) is 5. The number of aryl methyl sites for hydroxylation is 3. The molecule has 3 heterocycles. The van der Waals surface area contributed by atoms with Gasteiger partial charge in [0.05, 0.1) is 11.3 Å². The molecule has 0 radical (unpaired) electrons. The van der Waals surface area contributed by atoms with E-state index in [1.165, 1.54) is 0 Å². The Hall–Kier alpha value is -2.70. The molecule has 2 aromatic heterocycles. The summed E-state index contributed by atoms with van der Waals surface area (Å²) in [6, 6.07) is 3.50. The number of piperidine rings is 1. The molecule has 0 spiro atoms. The number of nitrogens with one attached hydrogen (secondary N) is 1. The number of aromatic amines is 1. The number of nitrogens with two attached hydrogens (primary N) is 1. The van der Waals surface area contributed by atoms with Crippen LogP contribution in [0, 0.1) is 6.92 Å². The Morgan fingerprint density at radius 2 is 2.12 bits per heavy atom. The van der Waals surface area contributed by atoms with Crippen molar-refractivity contribution >= 4 is 11.7 Å². The highest BCUT2D eigenvalue weighted by Gasteiger charge is 2.28. The van der Waals surface area contributed by atoms with E-state index in [1.807, 2.05) is 6.07 Å². The third kappa shape index (κ3) is 3.09. The van der Waals surface area contributed by atoms with Crippen LogP contribution in [0.15, 0.2) is 16.9 Å². The third-order valence-corrected chi connectivity index (χ3v) is 5.32. The van der Waals surface area contributed by atoms with Crippen LogP contribution in [-0.4, -0.2) is 33.9 Å². The summed E-state index contributed by atoms with van der Waals surface area (Å²) in [5.74, 6) is 1.01. The zero-order valence-electron chi connectivity index (χ0n) is 14.9. The Labute approximate surface area is 151 Å². The fourth-order valence-corrected chi connectivity index (χ4v) is 4.11. The second-order valence-corrected chi connectivity index (χ2v) is 7.22. The van der Waals surface area contributed by atoms with E-state index in [-0.39, 0.29) is 11.5 Å². The summed E-state index contributed by atoms with van der Waals surface area (Å²) >= 11 is 0. The number of carbonyl (C=O) groups excluding carboxylic acids is 1. The Morgan fingerprint density at radius 3 is 2.88 bits per heavy atom. The summed E-state index contributed by atoms with van der Waals surface area (Å²) in [5.41, 5.74) is 9.04. The van der Waals surface area contributed by atoms with E-state index in [9.17, 15) is 9.59 Å². The Balaban J connectivity index is 1.68. The molecule has 1 atom stereocenters. The summed E-state index contributed by atoms with van der Waals surface area (Å²) in [4.78, 5) is 37.9. The van der Waals surface area contributed by atoms with Crippen LogP contribution in [0.25, 0.3) is 0 Å². The van der Waals surface area contributed by atoms with E-state index >= 15 is 0 Å². The van der Waals surface area contributed by atoms with Gasteiger partial charge in [0.15, 0.2) is 0 Å². The molecule has 0 unspecified atom stereocenters. The van der Waals surface area contributed by atoms with Gasteiger partial charge in [-0.25, -0.2) is 9.97 Å². The van der Waals surface area contributed by atoms with Gasteiger partial charge in [0.25, 0.3) is 11.5 Å².